The second-order valence-corrected chi connectivity index (χ2v) is 9.98. The third-order valence-electron chi connectivity index (χ3n) is 7.78. The summed E-state index contributed by atoms with van der Waals surface area (Å²) in [7, 11) is 0. The molecule has 4 aliphatic heterocycles. The van der Waals surface area contributed by atoms with Crippen LogP contribution in [-0.4, -0.2) is 58.7 Å². The van der Waals surface area contributed by atoms with E-state index in [1.165, 1.54) is 0 Å². The van der Waals surface area contributed by atoms with Gasteiger partial charge in [0.2, 0.25) is 5.60 Å². The minimum Gasteiger partial charge on any atom is -0.457 e. The second-order valence-electron chi connectivity index (χ2n) is 9.98. The number of carbonyl (C=O) groups excluding carboxylic acids is 2. The number of piperidine rings is 3. The number of benzene rings is 2. The Kier molecular flexibility index (Phi) is 5.50. The Morgan fingerprint density at radius 3 is 2.28 bits per heavy atom. The number of para-hydroxylation sites is 2. The van der Waals surface area contributed by atoms with Crippen LogP contribution in [0.25, 0.3) is 0 Å². The number of aliphatic hydroxyl groups is 1. The van der Waals surface area contributed by atoms with Crippen LogP contribution in [0.3, 0.4) is 0 Å². The maximum absolute atomic E-state index is 13.7. The normalized spacial score (nSPS) is 25.1. The average molecular weight is 487 g/mol. The van der Waals surface area contributed by atoms with Crippen LogP contribution < -0.4 is 10.1 Å². The molecule has 1 aromatic heterocycles. The minimum atomic E-state index is -1.97. The van der Waals surface area contributed by atoms with Crippen molar-refractivity contribution in [1.29, 1.82) is 0 Å². The van der Waals surface area contributed by atoms with Crippen molar-refractivity contribution in [3.63, 3.8) is 0 Å². The summed E-state index contributed by atoms with van der Waals surface area (Å²) in [4.78, 5) is 30.7. The number of nitrogens with zero attached hydrogens (tertiary/aromatic N) is 2. The maximum Gasteiger partial charge on any atom is 0.348 e. The van der Waals surface area contributed by atoms with E-state index in [9.17, 15) is 14.7 Å². The zero-order chi connectivity index (χ0) is 24.8. The van der Waals surface area contributed by atoms with E-state index >= 15 is 0 Å². The lowest BCUT2D eigenvalue weighted by Gasteiger charge is -2.51. The van der Waals surface area contributed by atoms with E-state index in [4.69, 9.17) is 9.47 Å². The van der Waals surface area contributed by atoms with E-state index in [0.717, 1.165) is 25.9 Å². The first-order valence-corrected chi connectivity index (χ1v) is 12.3. The third kappa shape index (κ3) is 3.83. The topological polar surface area (TPSA) is 97.8 Å². The number of quaternary nitrogens is 1. The summed E-state index contributed by atoms with van der Waals surface area (Å²) in [6.45, 7) is 2.55. The van der Waals surface area contributed by atoms with Crippen LogP contribution in [0, 0.1) is 5.92 Å². The molecule has 2 bridgehead atoms. The number of aromatic nitrogens is 1. The van der Waals surface area contributed by atoms with Gasteiger partial charge >= 0.3 is 5.97 Å². The Morgan fingerprint density at radius 2 is 1.64 bits per heavy atom. The van der Waals surface area contributed by atoms with E-state index in [2.05, 4.69) is 10.3 Å². The predicted octanol–water partition coefficient (Wildman–Crippen LogP) is 3.21. The second kappa shape index (κ2) is 8.72. The monoisotopic (exact) mass is 486 g/mol. The van der Waals surface area contributed by atoms with Crippen LogP contribution in [0.5, 0.6) is 11.5 Å². The van der Waals surface area contributed by atoms with Gasteiger partial charge in [-0.15, -0.1) is 0 Å². The van der Waals surface area contributed by atoms with E-state index in [0.29, 0.717) is 46.0 Å². The molecule has 8 nitrogen and oxygen atoms in total. The Hall–Kier alpha value is -3.75. The zero-order valence-corrected chi connectivity index (χ0v) is 19.8. The Balaban J connectivity index is 1.23. The van der Waals surface area contributed by atoms with Crippen LogP contribution in [0.1, 0.15) is 24.0 Å². The lowest BCUT2D eigenvalue weighted by atomic mass is 9.81. The molecule has 0 aliphatic carbocycles. The van der Waals surface area contributed by atoms with Crippen molar-refractivity contribution in [3.05, 3.63) is 84.1 Å². The van der Waals surface area contributed by atoms with Gasteiger partial charge in [-0.2, -0.15) is 0 Å². The SMILES string of the molecule is O=C(C[N+]12CCC(CC1)C(OC(=O)C1(O)c3ccccc3Oc3ccccc31)C2)Nc1ccccn1. The molecule has 3 aromatic rings. The molecule has 3 fully saturated rings. The van der Waals surface area contributed by atoms with Gasteiger partial charge in [-0.05, 0) is 24.3 Å². The molecule has 7 rings (SSSR count). The highest BCUT2D eigenvalue weighted by Gasteiger charge is 2.53. The van der Waals surface area contributed by atoms with E-state index in [1.54, 1.807) is 66.9 Å². The molecule has 0 spiro atoms. The van der Waals surface area contributed by atoms with Gasteiger partial charge in [-0.1, -0.05) is 42.5 Å². The van der Waals surface area contributed by atoms with Crippen LogP contribution in [-0.2, 0) is 19.9 Å². The molecule has 1 atom stereocenters. The molecule has 0 radical (unpaired) electrons. The lowest BCUT2D eigenvalue weighted by molar-refractivity contribution is -0.939. The van der Waals surface area contributed by atoms with Crippen molar-refractivity contribution in [3.8, 4) is 11.5 Å². The molecule has 5 heterocycles. The van der Waals surface area contributed by atoms with Crippen LogP contribution in [0.2, 0.25) is 0 Å². The summed E-state index contributed by atoms with van der Waals surface area (Å²) in [6, 6.07) is 19.4. The first kappa shape index (κ1) is 22.7. The number of anilines is 1. The number of amides is 1. The van der Waals surface area contributed by atoms with Crippen molar-refractivity contribution >= 4 is 17.7 Å². The summed E-state index contributed by atoms with van der Waals surface area (Å²) in [5.41, 5.74) is -1.24. The van der Waals surface area contributed by atoms with Gasteiger partial charge in [-0.25, -0.2) is 9.78 Å². The molecule has 8 heteroatoms. The van der Waals surface area contributed by atoms with Gasteiger partial charge < -0.3 is 24.4 Å². The van der Waals surface area contributed by atoms with Crippen LogP contribution >= 0.6 is 0 Å². The highest BCUT2D eigenvalue weighted by Crippen LogP contribution is 2.48. The van der Waals surface area contributed by atoms with E-state index in [1.807, 2.05) is 6.07 Å². The van der Waals surface area contributed by atoms with Gasteiger partial charge in [-0.3, -0.25) is 4.79 Å². The predicted molar refractivity (Wildman–Crippen MR) is 131 cm³/mol. The van der Waals surface area contributed by atoms with Gasteiger partial charge in [0.1, 0.15) is 23.9 Å². The third-order valence-corrected chi connectivity index (χ3v) is 7.78. The Bertz CT molecular complexity index is 1260. The van der Waals surface area contributed by atoms with Gasteiger partial charge in [0.05, 0.1) is 13.1 Å². The number of carbonyl (C=O) groups is 2. The number of rotatable bonds is 5. The maximum atomic E-state index is 13.7. The van der Waals surface area contributed by atoms with Gasteiger partial charge in [0, 0.05) is 36.1 Å². The number of ether oxygens (including phenoxy) is 2. The highest BCUT2D eigenvalue weighted by atomic mass is 16.6. The molecule has 4 aliphatic rings. The van der Waals surface area contributed by atoms with E-state index < -0.39 is 11.6 Å². The summed E-state index contributed by atoms with van der Waals surface area (Å²) >= 11 is 0. The van der Waals surface area contributed by atoms with Crippen molar-refractivity contribution in [2.75, 3.05) is 31.5 Å². The van der Waals surface area contributed by atoms with Crippen molar-refractivity contribution in [1.82, 2.24) is 4.98 Å². The molecule has 184 valence electrons. The molecule has 2 aromatic carbocycles. The molecule has 1 unspecified atom stereocenters. The number of nitrogens with one attached hydrogen (secondary N) is 1. The quantitative estimate of drug-likeness (QED) is 0.425. The lowest BCUT2D eigenvalue weighted by Crippen LogP contribution is -2.66. The molecular formula is C28H28N3O5+. The molecule has 1 amide bonds. The average Bonchev–Trinajstić information content (AvgIpc) is 2.90. The Labute approximate surface area is 209 Å². The zero-order valence-electron chi connectivity index (χ0n) is 19.8. The number of hydrogen-bond acceptors (Lipinski definition) is 6. The Morgan fingerprint density at radius 1 is 1.00 bits per heavy atom. The standard InChI is InChI=1S/C28H27N3O5/c32-26(30-25-11-5-6-14-29-25)18-31-15-12-19(13-16-31)24(17-31)36-27(33)28(34)20-7-1-3-9-22(20)35-23-10-4-2-8-21(23)28/h1-11,14,19,24,34H,12-13,15-18H2/p+1. The number of hydrogen-bond donors (Lipinski definition) is 2. The molecule has 2 N–H and O–H groups in total. The molecule has 3 saturated heterocycles. The van der Waals surface area contributed by atoms with Crippen molar-refractivity contribution < 1.29 is 28.7 Å². The highest BCUT2D eigenvalue weighted by molar-refractivity contribution is 5.90. The van der Waals surface area contributed by atoms with Crippen LogP contribution in [0.15, 0.2) is 72.9 Å². The van der Waals surface area contributed by atoms with Crippen LogP contribution in [0.4, 0.5) is 5.82 Å². The van der Waals surface area contributed by atoms with Crippen molar-refractivity contribution in [2.45, 2.75) is 24.5 Å². The summed E-state index contributed by atoms with van der Waals surface area (Å²) < 4.78 is 12.6. The number of fused-ring (bicyclic) bond motifs is 5. The summed E-state index contributed by atoms with van der Waals surface area (Å²) in [6.07, 6.45) is 2.99. The van der Waals surface area contributed by atoms with E-state index in [-0.39, 0.29) is 17.9 Å². The fourth-order valence-electron chi connectivity index (χ4n) is 5.92. The number of esters is 1. The molecular weight excluding hydrogens is 458 g/mol. The molecule has 0 saturated carbocycles. The van der Waals surface area contributed by atoms with Crippen molar-refractivity contribution in [2.24, 2.45) is 5.92 Å². The fourth-order valence-corrected chi connectivity index (χ4v) is 5.92. The summed E-state index contributed by atoms with van der Waals surface area (Å²) in [5, 5.41) is 14.8. The molecule has 36 heavy (non-hydrogen) atoms. The summed E-state index contributed by atoms with van der Waals surface area (Å²) in [5.74, 6) is 0.778. The fraction of sp³-hybridized carbons (Fsp3) is 0.321. The smallest absolute Gasteiger partial charge is 0.348 e. The van der Waals surface area contributed by atoms with Gasteiger partial charge in [0.15, 0.2) is 12.6 Å². The minimum absolute atomic E-state index is 0.106. The number of pyridine rings is 1. The van der Waals surface area contributed by atoms with Gasteiger partial charge in [0.25, 0.3) is 5.91 Å². The first-order valence-electron chi connectivity index (χ1n) is 12.3. The largest absolute Gasteiger partial charge is 0.457 e. The first-order chi connectivity index (χ1) is 17.5.